The molecule has 0 unspecified atom stereocenters. The van der Waals surface area contributed by atoms with Crippen LogP contribution in [0.4, 0.5) is 0 Å². The monoisotopic (exact) mass is 1280 g/mol. The highest BCUT2D eigenvalue weighted by molar-refractivity contribution is 6.28. The van der Waals surface area contributed by atoms with E-state index in [4.69, 9.17) is 0 Å². The first-order chi connectivity index (χ1) is 50.5. The largest absolute Gasteiger partial charge is 0.0616 e. The van der Waals surface area contributed by atoms with Crippen LogP contribution in [-0.2, 0) is 0 Å². The molecule has 0 N–H and O–H groups in total. The summed E-state index contributed by atoms with van der Waals surface area (Å²) in [6, 6.07) is 138. The second-order valence-corrected chi connectivity index (χ2v) is 28.1. The zero-order valence-corrected chi connectivity index (χ0v) is 55.6. The van der Waals surface area contributed by atoms with Gasteiger partial charge >= 0.3 is 0 Å². The van der Waals surface area contributed by atoms with Crippen LogP contribution in [0.2, 0.25) is 0 Å². The van der Waals surface area contributed by atoms with Crippen LogP contribution < -0.4 is 0 Å². The van der Waals surface area contributed by atoms with Crippen molar-refractivity contribution in [1.82, 2.24) is 0 Å². The van der Waals surface area contributed by atoms with Gasteiger partial charge in [0.05, 0.1) is 0 Å². The normalized spacial score (nSPS) is 12.1. The molecular weight excluding hydrogens is 1230 g/mol. The summed E-state index contributed by atoms with van der Waals surface area (Å²) in [5, 5.41) is 37.1. The maximum atomic E-state index is 2.53. The van der Waals surface area contributed by atoms with Gasteiger partial charge in [-0.25, -0.2) is 0 Å². The quantitative estimate of drug-likeness (QED) is 0.115. The molecule has 0 heteroatoms. The van der Waals surface area contributed by atoms with Crippen LogP contribution in [0, 0.1) is 0 Å². The molecule has 0 atom stereocenters. The molecule has 468 valence electrons. The molecule has 0 bridgehead atoms. The lowest BCUT2D eigenvalue weighted by Crippen LogP contribution is -1.95. The van der Waals surface area contributed by atoms with Crippen LogP contribution in [0.3, 0.4) is 0 Å². The van der Waals surface area contributed by atoms with Crippen LogP contribution in [0.5, 0.6) is 0 Å². The molecule has 0 heterocycles. The predicted octanol–water partition coefficient (Wildman–Crippen LogP) is 29.0. The van der Waals surface area contributed by atoms with E-state index in [1.54, 1.807) is 0 Å². The van der Waals surface area contributed by atoms with E-state index in [1.807, 2.05) is 0 Å². The summed E-state index contributed by atoms with van der Waals surface area (Å²) in [6.45, 7) is 0. The van der Waals surface area contributed by atoms with Crippen molar-refractivity contribution in [1.29, 1.82) is 0 Å². The fourth-order valence-electron chi connectivity index (χ4n) is 18.0. The van der Waals surface area contributed by atoms with Crippen molar-refractivity contribution in [3.8, 4) is 66.8 Å². The van der Waals surface area contributed by atoms with E-state index in [2.05, 4.69) is 364 Å². The fourth-order valence-corrected chi connectivity index (χ4v) is 18.0. The number of rotatable bonds is 6. The maximum absolute atomic E-state index is 2.53. The van der Waals surface area contributed by atoms with Crippen molar-refractivity contribution in [3.63, 3.8) is 0 Å². The number of benzene rings is 22. The Morgan fingerprint density at radius 1 is 0.0882 bits per heavy atom. The van der Waals surface area contributed by atoms with E-state index in [9.17, 15) is 0 Å². The first-order valence-electron chi connectivity index (χ1n) is 35.6. The molecule has 0 radical (unpaired) electrons. The number of hydrogen-bond donors (Lipinski definition) is 0. The van der Waals surface area contributed by atoms with Gasteiger partial charge in [-0.3, -0.25) is 0 Å². The highest BCUT2D eigenvalue weighted by Crippen LogP contribution is 2.52. The van der Waals surface area contributed by atoms with E-state index in [-0.39, 0.29) is 0 Å². The smallest absolute Gasteiger partial charge is 0.00259 e. The molecule has 0 aromatic heterocycles. The minimum atomic E-state index is 1.16. The minimum absolute atomic E-state index is 1.16. The summed E-state index contributed by atoms with van der Waals surface area (Å²) < 4.78 is 0. The molecule has 0 amide bonds. The third-order valence-electron chi connectivity index (χ3n) is 22.6. The van der Waals surface area contributed by atoms with E-state index >= 15 is 0 Å². The van der Waals surface area contributed by atoms with Crippen LogP contribution >= 0.6 is 0 Å². The second kappa shape index (κ2) is 22.1. The maximum Gasteiger partial charge on any atom is -0.00259 e. The molecule has 0 aliphatic carbocycles. The van der Waals surface area contributed by atoms with Gasteiger partial charge in [-0.05, 0) is 301 Å². The van der Waals surface area contributed by atoms with Gasteiger partial charge in [0.15, 0.2) is 0 Å². The van der Waals surface area contributed by atoms with Crippen molar-refractivity contribution in [2.75, 3.05) is 0 Å². The van der Waals surface area contributed by atoms with Gasteiger partial charge in [0.2, 0.25) is 0 Å². The van der Waals surface area contributed by atoms with E-state index in [1.165, 1.54) is 212 Å². The van der Waals surface area contributed by atoms with Crippen LogP contribution in [0.15, 0.2) is 364 Å². The van der Waals surface area contributed by atoms with Gasteiger partial charge < -0.3 is 0 Å². The third kappa shape index (κ3) is 8.64. The van der Waals surface area contributed by atoms with Crippen LogP contribution in [-0.4, -0.2) is 0 Å². The Hall–Kier alpha value is -13.3. The van der Waals surface area contributed by atoms with Gasteiger partial charge in [-0.1, -0.05) is 291 Å². The molecule has 0 aliphatic heterocycles. The zero-order valence-electron chi connectivity index (χ0n) is 55.6. The summed E-state index contributed by atoms with van der Waals surface area (Å²) >= 11 is 0. The van der Waals surface area contributed by atoms with E-state index in [0.717, 1.165) is 16.7 Å². The van der Waals surface area contributed by atoms with Crippen molar-refractivity contribution < 1.29 is 0 Å². The average Bonchev–Trinajstić information content (AvgIpc) is 0.721. The lowest BCUT2D eigenvalue weighted by atomic mass is 9.80. The predicted molar refractivity (Wildman–Crippen MR) is 442 cm³/mol. The Labute approximate surface area is 588 Å². The first-order valence-corrected chi connectivity index (χ1v) is 35.6. The molecule has 0 saturated carbocycles. The fraction of sp³-hybridized carbons (Fsp3) is 0. The molecule has 0 spiro atoms. The van der Waals surface area contributed by atoms with Crippen molar-refractivity contribution in [2.24, 2.45) is 0 Å². The van der Waals surface area contributed by atoms with Gasteiger partial charge in [0, 0.05) is 0 Å². The first kappa shape index (κ1) is 56.7. The molecule has 102 heavy (non-hydrogen) atoms. The molecule has 0 nitrogen and oxygen atoms in total. The zero-order chi connectivity index (χ0) is 66.7. The third-order valence-corrected chi connectivity index (χ3v) is 22.6. The van der Waals surface area contributed by atoms with Gasteiger partial charge in [0.1, 0.15) is 0 Å². The summed E-state index contributed by atoms with van der Waals surface area (Å²) in [7, 11) is 0. The highest BCUT2D eigenvalue weighted by Gasteiger charge is 2.25. The van der Waals surface area contributed by atoms with Gasteiger partial charge in [0.25, 0.3) is 0 Å². The summed E-state index contributed by atoms with van der Waals surface area (Å²) in [4.78, 5) is 0. The Balaban J connectivity index is 0.822. The Morgan fingerprint density at radius 3 is 0.480 bits per heavy atom. The Bertz CT molecular complexity index is 6550. The van der Waals surface area contributed by atoms with Crippen LogP contribution in [0.1, 0.15) is 0 Å². The molecule has 0 aliphatic rings. The Kier molecular flexibility index (Phi) is 12.3. The summed E-state index contributed by atoms with van der Waals surface area (Å²) in [6.07, 6.45) is 0. The van der Waals surface area contributed by atoms with Crippen molar-refractivity contribution in [3.05, 3.63) is 364 Å². The minimum Gasteiger partial charge on any atom is -0.0616 e. The van der Waals surface area contributed by atoms with Gasteiger partial charge in [-0.15, -0.1) is 0 Å². The van der Waals surface area contributed by atoms with E-state index < -0.39 is 0 Å². The second-order valence-electron chi connectivity index (χ2n) is 28.1. The van der Waals surface area contributed by atoms with Crippen LogP contribution in [0.25, 0.3) is 228 Å². The SMILES string of the molecule is c1ccc2cc3c(ccc4ccc(-c5c6ccccc6c(-c6cc(-c7c8ccccc8c(-c8ccc9ccc%10cc%11ccccc%11cc%10c9c8)c8ccccc78)cc(-c7c8ccccc8c(-c8ccc9ccc%10cc%11ccccc%11cc%10c9c8)c8ccccc78)c6)c6ccccc56)cc43)cc2c1. The standard InChI is InChI=1S/C102H60/c1-4-22-67-55-94-70(49-64(67)19-1)43-37-61-40-46-73(58-91(61)94)97-79-25-7-13-31-85(79)100(86-32-14-8-26-80(86)97)76-52-77(101-87-33-15-9-27-81(87)98(82-28-10-16-34-88(82)101)74-47-41-62-38-44-71-50-65-20-2-5-23-68(65)56-95(71)92(62)59-74)54-78(53-76)102-89-35-17-11-29-83(89)99(84-30-12-18-36-90(84)102)75-48-42-63-39-45-72-51-66-21-3-6-24-69(66)57-96(72)93(63)60-75/h1-60H. The molecule has 22 aromatic carbocycles. The summed E-state index contributed by atoms with van der Waals surface area (Å²) in [5.41, 5.74) is 14.5. The van der Waals surface area contributed by atoms with Gasteiger partial charge in [-0.2, -0.15) is 0 Å². The molecular formula is C102H60. The lowest BCUT2D eigenvalue weighted by Gasteiger charge is -2.22. The van der Waals surface area contributed by atoms with Crippen molar-refractivity contribution >= 4 is 162 Å². The molecule has 22 aromatic rings. The lowest BCUT2D eigenvalue weighted by molar-refractivity contribution is 1.63. The molecule has 0 saturated heterocycles. The highest BCUT2D eigenvalue weighted by atomic mass is 14.3. The molecule has 22 rings (SSSR count). The summed E-state index contributed by atoms with van der Waals surface area (Å²) in [5.74, 6) is 0. The Morgan fingerprint density at radius 2 is 0.255 bits per heavy atom. The average molecular weight is 1290 g/mol. The van der Waals surface area contributed by atoms with E-state index in [0.29, 0.717) is 0 Å². The number of fused-ring (bicyclic) bond motifs is 18. The topological polar surface area (TPSA) is 0 Å². The molecule has 0 fully saturated rings. The van der Waals surface area contributed by atoms with Crippen molar-refractivity contribution in [2.45, 2.75) is 0 Å². The number of hydrogen-bond acceptors (Lipinski definition) is 0.